The molecule has 2 aliphatic rings. The molecule has 0 N–H and O–H groups in total. The summed E-state index contributed by atoms with van der Waals surface area (Å²) < 4.78 is 4.05. The molecular formula is C17H24N6O. The molecule has 0 aromatic carbocycles. The summed E-state index contributed by atoms with van der Waals surface area (Å²) in [6, 6.07) is 0.399. The van der Waals surface area contributed by atoms with E-state index in [4.69, 9.17) is 0 Å². The van der Waals surface area contributed by atoms with Crippen molar-refractivity contribution in [3.05, 3.63) is 30.4 Å². The smallest absolute Gasteiger partial charge is 0.227 e. The van der Waals surface area contributed by atoms with Gasteiger partial charge in [0, 0.05) is 45.0 Å². The van der Waals surface area contributed by atoms with Crippen LogP contribution in [0.15, 0.2) is 24.8 Å². The number of aromatic nitrogens is 4. The number of hydrogen-bond donors (Lipinski definition) is 0. The van der Waals surface area contributed by atoms with Crippen LogP contribution in [0.1, 0.15) is 30.9 Å². The van der Waals surface area contributed by atoms with Gasteiger partial charge in [0.05, 0.1) is 30.7 Å². The third kappa shape index (κ3) is 3.08. The molecular weight excluding hydrogens is 304 g/mol. The zero-order valence-electron chi connectivity index (χ0n) is 14.1. The average Bonchev–Trinajstić information content (AvgIpc) is 3.32. The number of aryl methyl sites for hydroxylation is 1. The molecule has 2 saturated heterocycles. The average molecular weight is 328 g/mol. The Morgan fingerprint density at radius 3 is 2.83 bits per heavy atom. The monoisotopic (exact) mass is 328 g/mol. The number of hydrogen-bond acceptors (Lipinski definition) is 4. The second-order valence-corrected chi connectivity index (χ2v) is 6.85. The van der Waals surface area contributed by atoms with Gasteiger partial charge in [0.25, 0.3) is 0 Å². The van der Waals surface area contributed by atoms with E-state index in [0.717, 1.165) is 51.3 Å². The normalized spacial score (nSPS) is 22.0. The fourth-order valence-corrected chi connectivity index (χ4v) is 3.65. The van der Waals surface area contributed by atoms with Crippen molar-refractivity contribution < 1.29 is 4.79 Å². The van der Waals surface area contributed by atoms with E-state index < -0.39 is 0 Å². The molecule has 0 saturated carbocycles. The SMILES string of the molecule is Cc1cnn(CCN2CCC(n3cc(N4CCCC4=O)cn3)C2)c1. The third-order valence-corrected chi connectivity index (χ3v) is 5.00. The molecule has 2 fully saturated rings. The van der Waals surface area contributed by atoms with Crippen LogP contribution in [0.5, 0.6) is 0 Å². The topological polar surface area (TPSA) is 59.2 Å². The molecule has 7 nitrogen and oxygen atoms in total. The van der Waals surface area contributed by atoms with Crippen LogP contribution in [0.2, 0.25) is 0 Å². The van der Waals surface area contributed by atoms with E-state index >= 15 is 0 Å². The van der Waals surface area contributed by atoms with Crippen LogP contribution in [0.25, 0.3) is 0 Å². The van der Waals surface area contributed by atoms with Gasteiger partial charge in [-0.3, -0.25) is 19.1 Å². The van der Waals surface area contributed by atoms with E-state index in [1.807, 2.05) is 32.9 Å². The first kappa shape index (κ1) is 15.4. The molecule has 0 spiro atoms. The molecule has 2 aromatic heterocycles. The molecule has 7 heteroatoms. The van der Waals surface area contributed by atoms with E-state index in [1.54, 1.807) is 0 Å². The van der Waals surface area contributed by atoms with Crippen LogP contribution < -0.4 is 4.90 Å². The number of carbonyl (C=O) groups is 1. The van der Waals surface area contributed by atoms with Crippen LogP contribution in [-0.4, -0.2) is 56.5 Å². The lowest BCUT2D eigenvalue weighted by Gasteiger charge is -2.16. The Morgan fingerprint density at radius 1 is 1.17 bits per heavy atom. The Balaban J connectivity index is 1.33. The first-order chi connectivity index (χ1) is 11.7. The number of rotatable bonds is 5. The Morgan fingerprint density at radius 2 is 2.08 bits per heavy atom. The fourth-order valence-electron chi connectivity index (χ4n) is 3.65. The van der Waals surface area contributed by atoms with Crippen LogP contribution in [0.4, 0.5) is 5.69 Å². The van der Waals surface area contributed by atoms with Gasteiger partial charge in [-0.2, -0.15) is 10.2 Å². The zero-order chi connectivity index (χ0) is 16.5. The Kier molecular flexibility index (Phi) is 4.10. The van der Waals surface area contributed by atoms with E-state index in [2.05, 4.69) is 28.2 Å². The van der Waals surface area contributed by atoms with Crippen molar-refractivity contribution in [2.75, 3.05) is 31.1 Å². The number of amides is 1. The van der Waals surface area contributed by atoms with Crippen LogP contribution >= 0.6 is 0 Å². The second kappa shape index (κ2) is 6.39. The summed E-state index contributed by atoms with van der Waals surface area (Å²) in [5.41, 5.74) is 2.15. The molecule has 4 rings (SSSR count). The Bertz CT molecular complexity index is 720. The van der Waals surface area contributed by atoms with Gasteiger partial charge in [0.2, 0.25) is 5.91 Å². The van der Waals surface area contributed by atoms with E-state index in [0.29, 0.717) is 12.5 Å². The summed E-state index contributed by atoms with van der Waals surface area (Å²) in [6.07, 6.45) is 10.6. The molecule has 2 aromatic rings. The largest absolute Gasteiger partial charge is 0.309 e. The van der Waals surface area contributed by atoms with Crippen molar-refractivity contribution in [1.82, 2.24) is 24.5 Å². The first-order valence-corrected chi connectivity index (χ1v) is 8.75. The van der Waals surface area contributed by atoms with Gasteiger partial charge in [-0.1, -0.05) is 0 Å². The van der Waals surface area contributed by atoms with Crippen LogP contribution in [0, 0.1) is 6.92 Å². The van der Waals surface area contributed by atoms with Crippen molar-refractivity contribution >= 4 is 11.6 Å². The van der Waals surface area contributed by atoms with Crippen molar-refractivity contribution in [2.24, 2.45) is 0 Å². The van der Waals surface area contributed by atoms with Gasteiger partial charge in [-0.15, -0.1) is 0 Å². The molecule has 24 heavy (non-hydrogen) atoms. The van der Waals surface area contributed by atoms with Gasteiger partial charge >= 0.3 is 0 Å². The molecule has 4 heterocycles. The molecule has 0 radical (unpaired) electrons. The molecule has 0 bridgehead atoms. The Hall–Kier alpha value is -2.15. The second-order valence-electron chi connectivity index (χ2n) is 6.85. The summed E-state index contributed by atoms with van der Waals surface area (Å²) in [6.45, 7) is 6.92. The Labute approximate surface area is 141 Å². The molecule has 2 aliphatic heterocycles. The quantitative estimate of drug-likeness (QED) is 0.834. The van der Waals surface area contributed by atoms with Gasteiger partial charge < -0.3 is 4.90 Å². The highest BCUT2D eigenvalue weighted by molar-refractivity contribution is 5.95. The molecule has 128 valence electrons. The van der Waals surface area contributed by atoms with Crippen molar-refractivity contribution in [3.8, 4) is 0 Å². The summed E-state index contributed by atoms with van der Waals surface area (Å²) in [5, 5.41) is 8.86. The number of anilines is 1. The fraction of sp³-hybridized carbons (Fsp3) is 0.588. The van der Waals surface area contributed by atoms with E-state index in [1.165, 1.54) is 5.56 Å². The minimum Gasteiger partial charge on any atom is -0.309 e. The van der Waals surface area contributed by atoms with Crippen LogP contribution in [-0.2, 0) is 11.3 Å². The third-order valence-electron chi connectivity index (χ3n) is 5.00. The lowest BCUT2D eigenvalue weighted by Crippen LogP contribution is -2.26. The maximum atomic E-state index is 11.9. The predicted octanol–water partition coefficient (Wildman–Crippen LogP) is 1.46. The van der Waals surface area contributed by atoms with Gasteiger partial charge in [-0.05, 0) is 25.3 Å². The summed E-state index contributed by atoms with van der Waals surface area (Å²) in [4.78, 5) is 16.2. The summed E-state index contributed by atoms with van der Waals surface area (Å²) >= 11 is 0. The maximum absolute atomic E-state index is 11.9. The minimum atomic E-state index is 0.220. The lowest BCUT2D eigenvalue weighted by atomic mass is 10.3. The summed E-state index contributed by atoms with van der Waals surface area (Å²) in [5.74, 6) is 0.220. The van der Waals surface area contributed by atoms with Gasteiger partial charge in [0.15, 0.2) is 0 Å². The first-order valence-electron chi connectivity index (χ1n) is 8.75. The van der Waals surface area contributed by atoms with Gasteiger partial charge in [0.1, 0.15) is 0 Å². The van der Waals surface area contributed by atoms with Crippen LogP contribution in [0.3, 0.4) is 0 Å². The number of likely N-dealkylation sites (tertiary alicyclic amines) is 1. The van der Waals surface area contributed by atoms with Crippen molar-refractivity contribution in [3.63, 3.8) is 0 Å². The lowest BCUT2D eigenvalue weighted by molar-refractivity contribution is -0.117. The highest BCUT2D eigenvalue weighted by Crippen LogP contribution is 2.25. The molecule has 1 atom stereocenters. The highest BCUT2D eigenvalue weighted by Gasteiger charge is 2.27. The zero-order valence-corrected chi connectivity index (χ0v) is 14.1. The highest BCUT2D eigenvalue weighted by atomic mass is 16.2. The standard InChI is InChI=1S/C17H24N6O/c1-14-9-18-21(11-14)8-7-20-6-4-15(12-20)23-13-16(10-19-23)22-5-2-3-17(22)24/h9-11,13,15H,2-8,12H2,1H3. The van der Waals surface area contributed by atoms with E-state index in [-0.39, 0.29) is 5.91 Å². The maximum Gasteiger partial charge on any atom is 0.227 e. The molecule has 1 unspecified atom stereocenters. The van der Waals surface area contributed by atoms with Crippen molar-refractivity contribution in [1.29, 1.82) is 0 Å². The minimum absolute atomic E-state index is 0.220. The molecule has 0 aliphatic carbocycles. The van der Waals surface area contributed by atoms with E-state index in [9.17, 15) is 4.79 Å². The summed E-state index contributed by atoms with van der Waals surface area (Å²) in [7, 11) is 0. The number of carbonyl (C=O) groups excluding carboxylic acids is 1. The van der Waals surface area contributed by atoms with Crippen molar-refractivity contribution in [2.45, 2.75) is 38.8 Å². The van der Waals surface area contributed by atoms with Gasteiger partial charge in [-0.25, -0.2) is 0 Å². The number of nitrogens with zero attached hydrogens (tertiary/aromatic N) is 6. The predicted molar refractivity (Wildman–Crippen MR) is 90.9 cm³/mol. The molecule has 1 amide bonds.